The van der Waals surface area contributed by atoms with Crippen LogP contribution in [0.15, 0.2) is 91.0 Å². The number of aromatic hydroxyl groups is 1. The van der Waals surface area contributed by atoms with E-state index >= 15 is 0 Å². The molecule has 0 atom stereocenters. The summed E-state index contributed by atoms with van der Waals surface area (Å²) >= 11 is 0. The number of rotatable bonds is 4. The van der Waals surface area contributed by atoms with Crippen molar-refractivity contribution in [2.75, 3.05) is 19.6 Å². The molecule has 184 valence electrons. The van der Waals surface area contributed by atoms with Crippen molar-refractivity contribution in [1.29, 1.82) is 0 Å². The number of phenolic OH excluding ortho intramolecular Hbond substituents is 1. The molecular formula is C31H27N3O3. The zero-order valence-corrected chi connectivity index (χ0v) is 20.4. The molecule has 3 heterocycles. The summed E-state index contributed by atoms with van der Waals surface area (Å²) in [5, 5.41) is 10.5. The van der Waals surface area contributed by atoms with E-state index in [0.29, 0.717) is 25.2 Å². The van der Waals surface area contributed by atoms with Crippen molar-refractivity contribution in [2.45, 2.75) is 18.4 Å². The molecule has 1 spiro atoms. The van der Waals surface area contributed by atoms with Gasteiger partial charge in [0.25, 0.3) is 5.91 Å². The Morgan fingerprint density at radius 2 is 1.70 bits per heavy atom. The Morgan fingerprint density at radius 3 is 2.51 bits per heavy atom. The molecule has 0 radical (unpaired) electrons. The maximum Gasteiger partial charge on any atom is 0.255 e. The van der Waals surface area contributed by atoms with Gasteiger partial charge < -0.3 is 14.9 Å². The number of carbonyl (C=O) groups excluding carboxylic acids is 2. The highest BCUT2D eigenvalue weighted by molar-refractivity contribution is 6.07. The zero-order valence-electron chi connectivity index (χ0n) is 20.4. The quantitative estimate of drug-likeness (QED) is 0.403. The first-order valence-corrected chi connectivity index (χ1v) is 12.6. The van der Waals surface area contributed by atoms with Gasteiger partial charge in [0.15, 0.2) is 0 Å². The van der Waals surface area contributed by atoms with Crippen LogP contribution in [0.4, 0.5) is 0 Å². The number of carbonyl (C=O) groups is 2. The molecule has 0 bridgehead atoms. The molecule has 0 saturated carbocycles. The van der Waals surface area contributed by atoms with E-state index in [0.717, 1.165) is 40.6 Å². The van der Waals surface area contributed by atoms with Crippen molar-refractivity contribution in [3.05, 3.63) is 102 Å². The van der Waals surface area contributed by atoms with E-state index < -0.39 is 0 Å². The minimum Gasteiger partial charge on any atom is -0.508 e. The van der Waals surface area contributed by atoms with Gasteiger partial charge >= 0.3 is 0 Å². The maximum absolute atomic E-state index is 14.0. The topological polar surface area (TPSA) is 73.7 Å². The number of phenols is 1. The molecule has 0 unspecified atom stereocenters. The standard InChI is InChI=1S/C31H27N3O3/c35-24-11-6-8-22(18-24)14-15-29(36)33-20-31(21-33)16-7-17-34(31)30(37)26-19-28(23-9-2-1-3-10-23)32-27-13-5-4-12-25(26)27/h1-6,8-15,18-19,35H,7,16-17,20-21H2/b15-14+. The van der Waals surface area contributed by atoms with Crippen molar-refractivity contribution in [3.63, 3.8) is 0 Å². The number of aromatic nitrogens is 1. The minimum absolute atomic E-state index is 0.00400. The van der Waals surface area contributed by atoms with Gasteiger partial charge in [-0.2, -0.15) is 0 Å². The van der Waals surface area contributed by atoms with Gasteiger partial charge in [-0.25, -0.2) is 4.98 Å². The molecule has 6 nitrogen and oxygen atoms in total. The predicted molar refractivity (Wildman–Crippen MR) is 144 cm³/mol. The summed E-state index contributed by atoms with van der Waals surface area (Å²) in [6.45, 7) is 1.73. The lowest BCUT2D eigenvalue weighted by Crippen LogP contribution is -2.69. The van der Waals surface area contributed by atoms with Gasteiger partial charge in [-0.1, -0.05) is 60.7 Å². The molecule has 2 aliphatic heterocycles. The number of benzene rings is 3. The molecule has 0 aliphatic carbocycles. The highest BCUT2D eigenvalue weighted by Gasteiger charge is 2.53. The first-order chi connectivity index (χ1) is 18.0. The fraction of sp³-hybridized carbons (Fsp3) is 0.194. The molecule has 3 aromatic carbocycles. The van der Waals surface area contributed by atoms with E-state index in [2.05, 4.69) is 0 Å². The number of hydrogen-bond acceptors (Lipinski definition) is 4. The maximum atomic E-state index is 14.0. The van der Waals surface area contributed by atoms with Crippen LogP contribution in [-0.4, -0.2) is 56.9 Å². The summed E-state index contributed by atoms with van der Waals surface area (Å²) in [6, 6.07) is 26.4. The van der Waals surface area contributed by atoms with Crippen LogP contribution in [0.1, 0.15) is 28.8 Å². The highest BCUT2D eigenvalue weighted by atomic mass is 16.3. The molecule has 2 saturated heterocycles. The molecule has 2 amide bonds. The van der Waals surface area contributed by atoms with E-state index in [9.17, 15) is 14.7 Å². The van der Waals surface area contributed by atoms with Crippen LogP contribution in [-0.2, 0) is 4.79 Å². The Bertz CT molecular complexity index is 1520. The fourth-order valence-electron chi connectivity index (χ4n) is 5.56. The summed E-state index contributed by atoms with van der Waals surface area (Å²) in [4.78, 5) is 35.4. The number of amides is 2. The highest BCUT2D eigenvalue weighted by Crippen LogP contribution is 2.39. The number of nitrogens with zero attached hydrogens (tertiary/aromatic N) is 3. The average Bonchev–Trinajstić information content (AvgIpc) is 3.36. The second-order valence-corrected chi connectivity index (χ2v) is 9.85. The monoisotopic (exact) mass is 489 g/mol. The van der Waals surface area contributed by atoms with Gasteiger partial charge in [0.2, 0.25) is 5.91 Å². The Kier molecular flexibility index (Phi) is 5.72. The Balaban J connectivity index is 1.25. The Labute approximate surface area is 215 Å². The van der Waals surface area contributed by atoms with Crippen LogP contribution in [0.5, 0.6) is 5.75 Å². The SMILES string of the molecule is O=C(/C=C/c1cccc(O)c1)N1CC2(CCCN2C(=O)c2cc(-c3ccccc3)nc3ccccc23)C1. The van der Waals surface area contributed by atoms with Crippen LogP contribution >= 0.6 is 0 Å². The molecule has 1 N–H and O–H groups in total. The zero-order chi connectivity index (χ0) is 25.4. The number of likely N-dealkylation sites (tertiary alicyclic amines) is 2. The van der Waals surface area contributed by atoms with Crippen LogP contribution in [0.2, 0.25) is 0 Å². The summed E-state index contributed by atoms with van der Waals surface area (Å²) in [5.74, 6) is 0.0707. The van der Waals surface area contributed by atoms with Crippen LogP contribution in [0.3, 0.4) is 0 Å². The van der Waals surface area contributed by atoms with E-state index in [4.69, 9.17) is 4.98 Å². The van der Waals surface area contributed by atoms with Crippen LogP contribution < -0.4 is 0 Å². The van der Waals surface area contributed by atoms with Crippen LogP contribution in [0.25, 0.3) is 28.2 Å². The minimum atomic E-state index is -0.330. The van der Waals surface area contributed by atoms with Crippen molar-refractivity contribution < 1.29 is 14.7 Å². The average molecular weight is 490 g/mol. The van der Waals surface area contributed by atoms with Gasteiger partial charge in [-0.05, 0) is 48.7 Å². The first kappa shape index (κ1) is 23.0. The lowest BCUT2D eigenvalue weighted by Gasteiger charge is -2.52. The first-order valence-electron chi connectivity index (χ1n) is 12.6. The molecule has 2 aliphatic rings. The molecule has 2 fully saturated rings. The fourth-order valence-corrected chi connectivity index (χ4v) is 5.56. The van der Waals surface area contributed by atoms with Crippen LogP contribution in [0, 0.1) is 0 Å². The Hall–Kier alpha value is -4.45. The summed E-state index contributed by atoms with van der Waals surface area (Å²) in [6.07, 6.45) is 5.04. The van der Waals surface area contributed by atoms with Crippen molar-refractivity contribution in [2.24, 2.45) is 0 Å². The van der Waals surface area contributed by atoms with E-state index in [1.807, 2.05) is 71.6 Å². The van der Waals surface area contributed by atoms with Gasteiger partial charge in [-0.3, -0.25) is 9.59 Å². The number of pyridine rings is 1. The third-order valence-corrected chi connectivity index (χ3v) is 7.43. The third kappa shape index (κ3) is 4.25. The van der Waals surface area contributed by atoms with Gasteiger partial charge in [-0.15, -0.1) is 0 Å². The van der Waals surface area contributed by atoms with E-state index in [1.54, 1.807) is 29.2 Å². The normalized spacial score (nSPS) is 16.4. The van der Waals surface area contributed by atoms with E-state index in [-0.39, 0.29) is 23.1 Å². The van der Waals surface area contributed by atoms with Gasteiger partial charge in [0.05, 0.1) is 22.3 Å². The smallest absolute Gasteiger partial charge is 0.255 e. The second kappa shape index (κ2) is 9.21. The largest absolute Gasteiger partial charge is 0.508 e. The Morgan fingerprint density at radius 1 is 0.919 bits per heavy atom. The lowest BCUT2D eigenvalue weighted by molar-refractivity contribution is -0.137. The third-order valence-electron chi connectivity index (χ3n) is 7.43. The molecule has 37 heavy (non-hydrogen) atoms. The molecule has 6 heteroatoms. The molecule has 6 rings (SSSR count). The van der Waals surface area contributed by atoms with Gasteiger partial charge in [0, 0.05) is 36.7 Å². The summed E-state index contributed by atoms with van der Waals surface area (Å²) in [7, 11) is 0. The number of hydrogen-bond donors (Lipinski definition) is 1. The second-order valence-electron chi connectivity index (χ2n) is 9.85. The van der Waals surface area contributed by atoms with Gasteiger partial charge in [0.1, 0.15) is 5.75 Å². The molecule has 4 aromatic rings. The van der Waals surface area contributed by atoms with Crippen molar-refractivity contribution >= 4 is 28.8 Å². The molecular weight excluding hydrogens is 462 g/mol. The van der Waals surface area contributed by atoms with E-state index in [1.165, 1.54) is 6.08 Å². The predicted octanol–water partition coefficient (Wildman–Crippen LogP) is 5.14. The summed E-state index contributed by atoms with van der Waals surface area (Å²) in [5.41, 5.74) is 3.63. The molecule has 1 aromatic heterocycles. The van der Waals surface area contributed by atoms with Crippen molar-refractivity contribution in [3.8, 4) is 17.0 Å². The number of para-hydroxylation sites is 1. The lowest BCUT2D eigenvalue weighted by atomic mass is 9.86. The summed E-state index contributed by atoms with van der Waals surface area (Å²) < 4.78 is 0. The van der Waals surface area contributed by atoms with Crippen molar-refractivity contribution in [1.82, 2.24) is 14.8 Å². The number of fused-ring (bicyclic) bond motifs is 1.